The van der Waals surface area contributed by atoms with Crippen LogP contribution in [0.15, 0.2) is 64.1 Å². The largest absolute Gasteiger partial charge is 0.468 e. The molecular weight excluding hydrogens is 310 g/mol. The fraction of sp³-hybridized carbons (Fsp3) is 0.333. The average Bonchev–Trinajstić information content (AvgIpc) is 3.08. The molecule has 2 atom stereocenters. The normalized spacial score (nSPS) is 19.6. The van der Waals surface area contributed by atoms with Crippen molar-refractivity contribution in [3.05, 3.63) is 66.1 Å². The molecule has 5 heteroatoms. The van der Waals surface area contributed by atoms with Gasteiger partial charge in [-0.2, -0.15) is 0 Å². The van der Waals surface area contributed by atoms with Crippen LogP contribution in [-0.4, -0.2) is 8.42 Å². The van der Waals surface area contributed by atoms with Crippen LogP contribution in [0.1, 0.15) is 36.6 Å². The van der Waals surface area contributed by atoms with Crippen molar-refractivity contribution in [1.82, 2.24) is 4.72 Å². The lowest BCUT2D eigenvalue weighted by atomic mass is 9.87. The van der Waals surface area contributed by atoms with Gasteiger partial charge < -0.3 is 4.42 Å². The van der Waals surface area contributed by atoms with Gasteiger partial charge in [-0.05, 0) is 56.4 Å². The third kappa shape index (κ3) is 3.74. The third-order valence-electron chi connectivity index (χ3n) is 4.24. The number of benzene rings is 1. The maximum atomic E-state index is 12.7. The van der Waals surface area contributed by atoms with Gasteiger partial charge in [0.2, 0.25) is 10.0 Å². The Morgan fingerprint density at radius 3 is 2.57 bits per heavy atom. The van der Waals surface area contributed by atoms with Crippen LogP contribution in [0.4, 0.5) is 0 Å². The highest BCUT2D eigenvalue weighted by molar-refractivity contribution is 7.89. The van der Waals surface area contributed by atoms with E-state index in [0.29, 0.717) is 5.76 Å². The van der Waals surface area contributed by atoms with E-state index in [9.17, 15) is 8.42 Å². The Morgan fingerprint density at radius 1 is 1.17 bits per heavy atom. The third-order valence-corrected chi connectivity index (χ3v) is 5.70. The summed E-state index contributed by atoms with van der Waals surface area (Å²) < 4.78 is 33.8. The molecule has 0 saturated carbocycles. The number of hydrogen-bond donors (Lipinski definition) is 1. The molecule has 1 N–H and O–H groups in total. The van der Waals surface area contributed by atoms with Gasteiger partial charge in [-0.1, -0.05) is 29.8 Å². The first-order valence-electron chi connectivity index (χ1n) is 7.84. The number of aryl methyl sites for hydroxylation is 1. The highest BCUT2D eigenvalue weighted by Gasteiger charge is 2.30. The van der Waals surface area contributed by atoms with E-state index in [1.54, 1.807) is 36.6 Å². The maximum absolute atomic E-state index is 12.7. The number of hydrogen-bond acceptors (Lipinski definition) is 3. The highest BCUT2D eigenvalue weighted by atomic mass is 32.2. The molecule has 1 heterocycles. The van der Waals surface area contributed by atoms with Crippen molar-refractivity contribution >= 4 is 10.0 Å². The summed E-state index contributed by atoms with van der Waals surface area (Å²) in [5.41, 5.74) is 1.03. The second-order valence-electron chi connectivity index (χ2n) is 5.97. The first-order chi connectivity index (χ1) is 11.1. The zero-order chi connectivity index (χ0) is 16.3. The zero-order valence-electron chi connectivity index (χ0n) is 13.1. The molecule has 23 heavy (non-hydrogen) atoms. The molecule has 0 bridgehead atoms. The summed E-state index contributed by atoms with van der Waals surface area (Å²) in [4.78, 5) is 0.283. The summed E-state index contributed by atoms with van der Waals surface area (Å²) in [6, 6.07) is 10.2. The predicted molar refractivity (Wildman–Crippen MR) is 89.4 cm³/mol. The molecule has 0 saturated heterocycles. The van der Waals surface area contributed by atoms with Crippen molar-refractivity contribution in [2.45, 2.75) is 37.1 Å². The average molecular weight is 331 g/mol. The molecule has 1 aromatic heterocycles. The van der Waals surface area contributed by atoms with Crippen molar-refractivity contribution in [3.8, 4) is 0 Å². The minimum absolute atomic E-state index is 0.200. The summed E-state index contributed by atoms with van der Waals surface area (Å²) in [5.74, 6) is 0.868. The van der Waals surface area contributed by atoms with Crippen LogP contribution in [0.3, 0.4) is 0 Å². The van der Waals surface area contributed by atoms with Crippen LogP contribution >= 0.6 is 0 Å². The van der Waals surface area contributed by atoms with Crippen LogP contribution in [0.25, 0.3) is 0 Å². The van der Waals surface area contributed by atoms with Gasteiger partial charge in [0, 0.05) is 0 Å². The van der Waals surface area contributed by atoms with E-state index in [4.69, 9.17) is 4.42 Å². The lowest BCUT2D eigenvalue weighted by Crippen LogP contribution is -2.33. The van der Waals surface area contributed by atoms with Crippen molar-refractivity contribution < 1.29 is 12.8 Å². The summed E-state index contributed by atoms with van der Waals surface area (Å²) in [7, 11) is -3.59. The van der Waals surface area contributed by atoms with Crippen LogP contribution in [0.2, 0.25) is 0 Å². The van der Waals surface area contributed by atoms with Crippen LogP contribution in [0, 0.1) is 12.8 Å². The molecule has 0 radical (unpaired) electrons. The second-order valence-corrected chi connectivity index (χ2v) is 7.69. The molecule has 122 valence electrons. The minimum atomic E-state index is -3.59. The van der Waals surface area contributed by atoms with Gasteiger partial charge >= 0.3 is 0 Å². The Labute approximate surface area is 137 Å². The van der Waals surface area contributed by atoms with Crippen LogP contribution in [0.5, 0.6) is 0 Å². The number of furan rings is 1. The minimum Gasteiger partial charge on any atom is -0.468 e. The van der Waals surface area contributed by atoms with E-state index in [-0.39, 0.29) is 16.9 Å². The number of allylic oxidation sites excluding steroid dienone is 2. The van der Waals surface area contributed by atoms with Gasteiger partial charge in [0.1, 0.15) is 5.76 Å². The summed E-state index contributed by atoms with van der Waals surface area (Å²) in [5, 5.41) is 0. The first-order valence-corrected chi connectivity index (χ1v) is 9.32. The van der Waals surface area contributed by atoms with Gasteiger partial charge in [-0.3, -0.25) is 0 Å². The molecular formula is C18H21NO3S. The van der Waals surface area contributed by atoms with E-state index in [1.807, 2.05) is 13.0 Å². The standard InChI is InChI=1S/C18H21NO3S/c1-14-9-11-16(12-10-14)23(20,21)19-18(17-8-5-13-22-17)15-6-3-2-4-7-15/h2-3,5,8-13,15,18-19H,4,6-7H2,1H3. The monoisotopic (exact) mass is 331 g/mol. The predicted octanol–water partition coefficient (Wildman–Crippen LogP) is 3.96. The molecule has 0 fully saturated rings. The molecule has 1 aliphatic rings. The van der Waals surface area contributed by atoms with Crippen molar-refractivity contribution in [3.63, 3.8) is 0 Å². The molecule has 0 amide bonds. The van der Waals surface area contributed by atoms with Gasteiger partial charge in [-0.15, -0.1) is 0 Å². The Bertz CT molecular complexity index is 761. The van der Waals surface area contributed by atoms with Crippen LogP contribution < -0.4 is 4.72 Å². The SMILES string of the molecule is Cc1ccc(S(=O)(=O)NC(c2ccco2)C2CC=CCC2)cc1. The fourth-order valence-corrected chi connectivity index (χ4v) is 4.20. The number of sulfonamides is 1. The topological polar surface area (TPSA) is 59.3 Å². The van der Waals surface area contributed by atoms with Gasteiger partial charge in [0.25, 0.3) is 0 Å². The molecule has 2 aromatic rings. The Kier molecular flexibility index (Phi) is 4.68. The maximum Gasteiger partial charge on any atom is 0.241 e. The first kappa shape index (κ1) is 16.0. The number of rotatable bonds is 5. The van der Waals surface area contributed by atoms with Crippen molar-refractivity contribution in [2.24, 2.45) is 5.92 Å². The van der Waals surface area contributed by atoms with Crippen molar-refractivity contribution in [1.29, 1.82) is 0 Å². The molecule has 1 aromatic carbocycles. The Balaban J connectivity index is 1.88. The summed E-state index contributed by atoms with van der Waals surface area (Å²) in [6.45, 7) is 1.93. The lowest BCUT2D eigenvalue weighted by Gasteiger charge is -2.27. The molecule has 0 aliphatic heterocycles. The lowest BCUT2D eigenvalue weighted by molar-refractivity contribution is 0.321. The number of nitrogens with one attached hydrogen (secondary N) is 1. The van der Waals surface area contributed by atoms with Crippen molar-refractivity contribution in [2.75, 3.05) is 0 Å². The molecule has 3 rings (SSSR count). The summed E-state index contributed by atoms with van der Waals surface area (Å²) >= 11 is 0. The molecule has 1 aliphatic carbocycles. The van der Waals surface area contributed by atoms with E-state index in [1.165, 1.54) is 0 Å². The smallest absolute Gasteiger partial charge is 0.241 e. The summed E-state index contributed by atoms with van der Waals surface area (Å²) in [6.07, 6.45) is 8.60. The fourth-order valence-electron chi connectivity index (χ4n) is 2.93. The van der Waals surface area contributed by atoms with Gasteiger partial charge in [0.05, 0.1) is 17.2 Å². The van der Waals surface area contributed by atoms with E-state index in [0.717, 1.165) is 24.8 Å². The Hall–Kier alpha value is -1.85. The van der Waals surface area contributed by atoms with Crippen LogP contribution in [-0.2, 0) is 10.0 Å². The molecule has 4 nitrogen and oxygen atoms in total. The van der Waals surface area contributed by atoms with Gasteiger partial charge in [0.15, 0.2) is 0 Å². The van der Waals surface area contributed by atoms with E-state index < -0.39 is 10.0 Å². The Morgan fingerprint density at radius 2 is 1.96 bits per heavy atom. The highest BCUT2D eigenvalue weighted by Crippen LogP contribution is 2.33. The molecule has 0 spiro atoms. The van der Waals surface area contributed by atoms with Gasteiger partial charge in [-0.25, -0.2) is 13.1 Å². The quantitative estimate of drug-likeness (QED) is 0.844. The second kappa shape index (κ2) is 6.72. The zero-order valence-corrected chi connectivity index (χ0v) is 13.9. The van der Waals surface area contributed by atoms with E-state index in [2.05, 4.69) is 16.9 Å². The molecule has 2 unspecified atom stereocenters. The van der Waals surface area contributed by atoms with E-state index >= 15 is 0 Å².